The fourth-order valence-corrected chi connectivity index (χ4v) is 9.37. The minimum Gasteiger partial charge on any atom is -0.462 e. The summed E-state index contributed by atoms with van der Waals surface area (Å²) in [7, 11) is 0. The van der Waals surface area contributed by atoms with E-state index in [4.69, 9.17) is 47.4 Å². The number of hydrogen-bond acceptors (Lipinski definition) is 16. The molecule has 0 N–H and O–H groups in total. The van der Waals surface area contributed by atoms with Gasteiger partial charge in [-0.25, -0.2) is 19.2 Å². The average molecular weight is 1200 g/mol. The topological polar surface area (TPSA) is 195 Å². The Labute approximate surface area is 511 Å². The second-order valence-electron chi connectivity index (χ2n) is 30.6. The molecule has 0 saturated heterocycles. The van der Waals surface area contributed by atoms with Crippen LogP contribution in [0.5, 0.6) is 23.0 Å². The van der Waals surface area contributed by atoms with Crippen molar-refractivity contribution in [2.75, 3.05) is 13.2 Å². The first-order valence-corrected chi connectivity index (χ1v) is 29.3. The first-order valence-electron chi connectivity index (χ1n) is 29.3. The van der Waals surface area contributed by atoms with Crippen molar-refractivity contribution in [3.8, 4) is 23.0 Å². The summed E-state index contributed by atoms with van der Waals surface area (Å²) < 4.78 is 57.2. The van der Waals surface area contributed by atoms with Crippen LogP contribution in [0.25, 0.3) is 0 Å². The highest BCUT2D eigenvalue weighted by atomic mass is 16.8. The van der Waals surface area contributed by atoms with E-state index in [0.717, 1.165) is 0 Å². The molecule has 0 radical (unpaired) electrons. The van der Waals surface area contributed by atoms with E-state index >= 15 is 0 Å². The first-order chi connectivity index (χ1) is 38.8. The van der Waals surface area contributed by atoms with Crippen molar-refractivity contribution >= 4 is 36.6 Å². The fraction of sp³-hybridized carbons (Fsp3) is 0.571. The highest BCUT2D eigenvalue weighted by molar-refractivity contribution is 5.75. The van der Waals surface area contributed by atoms with Gasteiger partial charge in [0.1, 0.15) is 58.6 Å². The largest absolute Gasteiger partial charge is 0.514 e. The van der Waals surface area contributed by atoms with Gasteiger partial charge in [0.25, 0.3) is 0 Å². The Balaban J connectivity index is 1.78. The van der Waals surface area contributed by atoms with E-state index < -0.39 is 91.5 Å². The Morgan fingerprint density at radius 1 is 0.291 bits per heavy atom. The Hall–Kier alpha value is -7.10. The van der Waals surface area contributed by atoms with Crippen LogP contribution in [0, 0.1) is 0 Å². The molecule has 4 aromatic rings. The van der Waals surface area contributed by atoms with Gasteiger partial charge in [-0.2, -0.15) is 0 Å². The SMILES string of the molecule is CC(C)(C)OC(=O)Oc1ccc(C(C)(CC(=O)OCCOC(=O)CC(C)(c2ccc(OC(=O)OC(C)(C)C)c(C(C)(C)C)c2)c2ccc(OC(=O)OC(C)(C)C)c(C(C)(C)C)c2)c2ccc(OC(=O)OC(C)(C)C)c(C(C)(C)C)c2)cc1C(C)(C)C. The van der Waals surface area contributed by atoms with E-state index in [9.17, 15) is 28.8 Å². The van der Waals surface area contributed by atoms with Crippen LogP contribution >= 0.6 is 0 Å². The second kappa shape index (κ2) is 26.1. The van der Waals surface area contributed by atoms with Crippen molar-refractivity contribution in [2.24, 2.45) is 0 Å². The highest BCUT2D eigenvalue weighted by Crippen LogP contribution is 2.46. The lowest BCUT2D eigenvalue weighted by Crippen LogP contribution is -2.32. The number of esters is 2. The van der Waals surface area contributed by atoms with Gasteiger partial charge in [0.05, 0.1) is 12.8 Å². The summed E-state index contributed by atoms with van der Waals surface area (Å²) in [6.45, 7) is 48.0. The Bertz CT molecular complexity index is 2710. The molecule has 0 heterocycles. The number of hydrogen-bond donors (Lipinski definition) is 0. The predicted octanol–water partition coefficient (Wildman–Crippen LogP) is 17.3. The quantitative estimate of drug-likeness (QED) is 0.0471. The van der Waals surface area contributed by atoms with Crippen molar-refractivity contribution in [1.29, 1.82) is 0 Å². The molecule has 0 aliphatic heterocycles. The number of carbonyl (C=O) groups excluding carboxylic acids is 6. The van der Waals surface area contributed by atoms with E-state index in [2.05, 4.69) is 0 Å². The monoisotopic (exact) mass is 1190 g/mol. The summed E-state index contributed by atoms with van der Waals surface area (Å²) in [5, 5.41) is 0. The zero-order chi connectivity index (χ0) is 65.8. The molecule has 474 valence electrons. The molecule has 0 unspecified atom stereocenters. The maximum atomic E-state index is 14.4. The van der Waals surface area contributed by atoms with Crippen LogP contribution in [0.3, 0.4) is 0 Å². The Kier molecular flexibility index (Phi) is 21.6. The van der Waals surface area contributed by atoms with Crippen LogP contribution in [0.15, 0.2) is 72.8 Å². The Morgan fingerprint density at radius 3 is 0.640 bits per heavy atom. The molecule has 0 amide bonds. The van der Waals surface area contributed by atoms with Gasteiger partial charge in [-0.3, -0.25) is 9.59 Å². The minimum atomic E-state index is -1.14. The van der Waals surface area contributed by atoms with Crippen LogP contribution < -0.4 is 18.9 Å². The summed E-state index contributed by atoms with van der Waals surface area (Å²) in [6, 6.07) is 21.6. The number of benzene rings is 4. The van der Waals surface area contributed by atoms with E-state index in [1.165, 1.54) is 0 Å². The number of rotatable bonds is 15. The number of ether oxygens (including phenoxy) is 10. The van der Waals surface area contributed by atoms with Gasteiger partial charge in [0.2, 0.25) is 0 Å². The van der Waals surface area contributed by atoms with Crippen LogP contribution in [0.4, 0.5) is 19.2 Å². The molecule has 4 aromatic carbocycles. The minimum absolute atomic E-state index is 0.210. The van der Waals surface area contributed by atoms with Gasteiger partial charge in [0, 0.05) is 33.1 Å². The maximum Gasteiger partial charge on any atom is 0.514 e. The lowest BCUT2D eigenvalue weighted by atomic mass is 9.70. The van der Waals surface area contributed by atoms with Crippen molar-refractivity contribution in [2.45, 2.75) is 248 Å². The molecular formula is C70H98O16. The predicted molar refractivity (Wildman–Crippen MR) is 332 cm³/mol. The number of carbonyl (C=O) groups is 6. The van der Waals surface area contributed by atoms with Crippen LogP contribution in [0.2, 0.25) is 0 Å². The van der Waals surface area contributed by atoms with Gasteiger partial charge >= 0.3 is 36.6 Å². The molecule has 16 heteroatoms. The first kappa shape index (κ1) is 71.4. The molecule has 0 atom stereocenters. The van der Waals surface area contributed by atoms with Crippen molar-refractivity contribution < 1.29 is 76.1 Å². The zero-order valence-electron chi connectivity index (χ0n) is 56.3. The van der Waals surface area contributed by atoms with E-state index in [-0.39, 0.29) is 49.1 Å². The van der Waals surface area contributed by atoms with E-state index in [1.54, 1.807) is 132 Å². The summed E-state index contributed by atoms with van der Waals surface area (Å²) >= 11 is 0. The van der Waals surface area contributed by atoms with Gasteiger partial charge in [0.15, 0.2) is 0 Å². The molecule has 0 aliphatic rings. The zero-order valence-corrected chi connectivity index (χ0v) is 56.3. The maximum absolute atomic E-state index is 14.4. The van der Waals surface area contributed by atoms with Crippen LogP contribution in [0.1, 0.15) is 237 Å². The third-order valence-electron chi connectivity index (χ3n) is 13.6. The van der Waals surface area contributed by atoms with Crippen LogP contribution in [-0.2, 0) is 70.5 Å². The van der Waals surface area contributed by atoms with Crippen molar-refractivity contribution in [3.63, 3.8) is 0 Å². The smallest absolute Gasteiger partial charge is 0.462 e. The molecule has 86 heavy (non-hydrogen) atoms. The molecule has 4 rings (SSSR count). The second-order valence-corrected chi connectivity index (χ2v) is 30.6. The summed E-state index contributed by atoms with van der Waals surface area (Å²) in [5.74, 6) is -0.0868. The lowest BCUT2D eigenvalue weighted by Gasteiger charge is -2.34. The molecule has 16 nitrogen and oxygen atoms in total. The molecular weight excluding hydrogens is 1100 g/mol. The third kappa shape index (κ3) is 20.8. The molecule has 0 saturated carbocycles. The van der Waals surface area contributed by atoms with Gasteiger partial charge in [-0.05, 0) is 151 Å². The van der Waals surface area contributed by atoms with Crippen LogP contribution in [-0.4, -0.2) is 72.2 Å². The van der Waals surface area contributed by atoms with Gasteiger partial charge in [-0.15, -0.1) is 0 Å². The standard InChI is InChI=1S/C70H98O16/c1-61(2,3)47-37-43(27-31-51(47)79-57(73)83-65(13,14)15)69(25,44-28-32-52(48(38-44)62(4,5)6)80-58(74)84-66(16,17)18)41-55(71)77-35-36-78-56(72)42-70(26,45-29-33-53(49(39-45)63(7,8)9)81-59(75)85-67(19,20)21)46-30-34-54(50(40-46)64(10,11)12)82-60(76)86-68(22,23)24/h27-34,37-40H,35-36,41-42H2,1-26H3. The molecule has 0 spiro atoms. The summed E-state index contributed by atoms with van der Waals surface area (Å²) in [4.78, 5) is 81.1. The molecule has 0 aliphatic carbocycles. The van der Waals surface area contributed by atoms with Gasteiger partial charge < -0.3 is 47.4 Å². The molecule has 0 fully saturated rings. The highest BCUT2D eigenvalue weighted by Gasteiger charge is 2.40. The normalized spacial score (nSPS) is 13.0. The third-order valence-corrected chi connectivity index (χ3v) is 13.6. The van der Waals surface area contributed by atoms with Crippen molar-refractivity contribution in [1.82, 2.24) is 0 Å². The molecule has 0 bridgehead atoms. The van der Waals surface area contributed by atoms with E-state index in [0.29, 0.717) is 44.5 Å². The van der Waals surface area contributed by atoms with E-state index in [1.807, 2.05) is 121 Å². The van der Waals surface area contributed by atoms with Gasteiger partial charge in [-0.1, -0.05) is 145 Å². The molecule has 0 aromatic heterocycles. The lowest BCUT2D eigenvalue weighted by molar-refractivity contribution is -0.153. The van der Waals surface area contributed by atoms with Crippen molar-refractivity contribution in [3.05, 3.63) is 117 Å². The average Bonchev–Trinajstić information content (AvgIpc) is 0.921. The Morgan fingerprint density at radius 2 is 0.477 bits per heavy atom. The summed E-state index contributed by atoms with van der Waals surface area (Å²) in [6.07, 6.45) is -3.89. The summed E-state index contributed by atoms with van der Waals surface area (Å²) in [5.41, 5.74) is -2.39. The fourth-order valence-electron chi connectivity index (χ4n) is 9.37.